The molecule has 2 fully saturated rings. The highest BCUT2D eigenvalue weighted by Crippen LogP contribution is 2.39. The Balaban J connectivity index is 1.59. The van der Waals surface area contributed by atoms with Crippen molar-refractivity contribution in [3.8, 4) is 0 Å². The summed E-state index contributed by atoms with van der Waals surface area (Å²) in [6, 6.07) is 0. The molecule has 3 heterocycles. The van der Waals surface area contributed by atoms with E-state index in [-0.39, 0.29) is 5.92 Å². The number of nitrogens with one attached hydrogen (secondary N) is 1. The van der Waals surface area contributed by atoms with Crippen LogP contribution in [0.3, 0.4) is 0 Å². The van der Waals surface area contributed by atoms with Gasteiger partial charge in [-0.15, -0.1) is 0 Å². The van der Waals surface area contributed by atoms with Gasteiger partial charge in [-0.1, -0.05) is 0 Å². The van der Waals surface area contributed by atoms with Crippen LogP contribution in [0.2, 0.25) is 0 Å². The predicted molar refractivity (Wildman–Crippen MR) is 96.5 cm³/mol. The first kappa shape index (κ1) is 17.7. The normalized spacial score (nSPS) is 22.0. The molecule has 0 radical (unpaired) electrons. The van der Waals surface area contributed by atoms with Gasteiger partial charge >= 0.3 is 0 Å². The largest absolute Gasteiger partial charge is 0.268 e. The van der Waals surface area contributed by atoms with Crippen molar-refractivity contribution in [2.75, 3.05) is 13.1 Å². The minimum absolute atomic E-state index is 0.0455. The highest BCUT2D eigenvalue weighted by Gasteiger charge is 2.36. The van der Waals surface area contributed by atoms with Crippen LogP contribution in [-0.4, -0.2) is 50.8 Å². The summed E-state index contributed by atoms with van der Waals surface area (Å²) in [6.45, 7) is 7.19. The van der Waals surface area contributed by atoms with Crippen LogP contribution < -0.4 is 0 Å². The van der Waals surface area contributed by atoms with E-state index in [9.17, 15) is 8.42 Å². The zero-order valence-corrected chi connectivity index (χ0v) is 16.4. The van der Waals surface area contributed by atoms with Gasteiger partial charge in [0.15, 0.2) is 5.82 Å². The van der Waals surface area contributed by atoms with Crippen LogP contribution in [0.5, 0.6) is 0 Å². The molecular formula is C17H26N6O2S. The van der Waals surface area contributed by atoms with E-state index < -0.39 is 10.0 Å². The predicted octanol–water partition coefficient (Wildman–Crippen LogP) is 2.08. The topological polar surface area (TPSA) is 96.8 Å². The molecule has 1 aliphatic carbocycles. The summed E-state index contributed by atoms with van der Waals surface area (Å²) in [5.74, 6) is 2.27. The summed E-state index contributed by atoms with van der Waals surface area (Å²) in [4.78, 5) is 4.99. The van der Waals surface area contributed by atoms with Gasteiger partial charge in [-0.3, -0.25) is 9.78 Å². The van der Waals surface area contributed by atoms with E-state index in [0.29, 0.717) is 41.8 Å². The summed E-state index contributed by atoms with van der Waals surface area (Å²) in [6.07, 6.45) is 4.07. The standard InChI is InChI=1S/C17H26N6O2S/c1-4-23-12(3)15(11(2)21-23)26(24,25)22-9-5-6-14(10-22)17-18-16(19-20-17)13-7-8-13/h13-14H,4-10H2,1-3H3,(H,18,19,20)/t14-/m0/s1. The quantitative estimate of drug-likeness (QED) is 0.859. The molecule has 2 aromatic rings. The molecular weight excluding hydrogens is 352 g/mol. The molecule has 142 valence electrons. The number of nitrogens with zero attached hydrogens (tertiary/aromatic N) is 5. The van der Waals surface area contributed by atoms with Gasteiger partial charge in [-0.05, 0) is 46.5 Å². The Morgan fingerprint density at radius 2 is 1.96 bits per heavy atom. The van der Waals surface area contributed by atoms with Crippen molar-refractivity contribution in [3.05, 3.63) is 23.0 Å². The molecule has 0 aromatic carbocycles. The average Bonchev–Trinajstić information content (AvgIpc) is 3.27. The van der Waals surface area contributed by atoms with Crippen LogP contribution in [0, 0.1) is 13.8 Å². The number of hydrogen-bond donors (Lipinski definition) is 1. The molecule has 0 amide bonds. The molecule has 4 rings (SSSR count). The second kappa shape index (κ2) is 6.45. The summed E-state index contributed by atoms with van der Waals surface area (Å²) in [5.41, 5.74) is 1.28. The monoisotopic (exact) mass is 378 g/mol. The summed E-state index contributed by atoms with van der Waals surface area (Å²) >= 11 is 0. The SMILES string of the molecule is CCn1nc(C)c(S(=O)(=O)N2CCC[C@H](c3n[nH]c(C4CC4)n3)C2)c1C. The minimum Gasteiger partial charge on any atom is -0.268 e. The van der Waals surface area contributed by atoms with Crippen LogP contribution in [0.4, 0.5) is 0 Å². The van der Waals surface area contributed by atoms with Crippen molar-refractivity contribution in [2.24, 2.45) is 0 Å². The Labute approximate surface area is 154 Å². The number of H-pyrrole nitrogens is 1. The third-order valence-corrected chi connectivity index (χ3v) is 7.56. The van der Waals surface area contributed by atoms with Gasteiger partial charge in [0, 0.05) is 31.5 Å². The summed E-state index contributed by atoms with van der Waals surface area (Å²) in [5, 5.41) is 11.8. The molecule has 9 heteroatoms. The molecule has 8 nitrogen and oxygen atoms in total. The van der Waals surface area contributed by atoms with E-state index in [4.69, 9.17) is 0 Å². The lowest BCUT2D eigenvalue weighted by molar-refractivity contribution is 0.309. The first-order valence-corrected chi connectivity index (χ1v) is 10.8. The molecule has 26 heavy (non-hydrogen) atoms. The van der Waals surface area contributed by atoms with Crippen molar-refractivity contribution < 1.29 is 8.42 Å². The second-order valence-electron chi connectivity index (χ2n) is 7.37. The molecule has 1 N–H and O–H groups in total. The van der Waals surface area contributed by atoms with Crippen LogP contribution in [0.25, 0.3) is 0 Å². The first-order chi connectivity index (χ1) is 12.4. The van der Waals surface area contributed by atoms with Crippen LogP contribution in [0.15, 0.2) is 4.90 Å². The Hall–Kier alpha value is -1.74. The lowest BCUT2D eigenvalue weighted by Gasteiger charge is -2.30. The van der Waals surface area contributed by atoms with Gasteiger partial charge in [-0.25, -0.2) is 13.4 Å². The highest BCUT2D eigenvalue weighted by atomic mass is 32.2. The fourth-order valence-electron chi connectivity index (χ4n) is 3.87. The van der Waals surface area contributed by atoms with E-state index in [0.717, 1.165) is 24.5 Å². The zero-order chi connectivity index (χ0) is 18.5. The third kappa shape index (κ3) is 2.96. The van der Waals surface area contributed by atoms with Gasteiger partial charge in [0.2, 0.25) is 10.0 Å². The van der Waals surface area contributed by atoms with Gasteiger partial charge in [0.25, 0.3) is 0 Å². The minimum atomic E-state index is -3.57. The molecule has 0 spiro atoms. The summed E-state index contributed by atoms with van der Waals surface area (Å²) < 4.78 is 29.9. The molecule has 0 unspecified atom stereocenters. The Kier molecular flexibility index (Phi) is 4.38. The summed E-state index contributed by atoms with van der Waals surface area (Å²) in [7, 11) is -3.57. The van der Waals surface area contributed by atoms with E-state index in [1.807, 2.05) is 13.8 Å². The highest BCUT2D eigenvalue weighted by molar-refractivity contribution is 7.89. The maximum Gasteiger partial charge on any atom is 0.246 e. The van der Waals surface area contributed by atoms with Crippen molar-refractivity contribution in [1.82, 2.24) is 29.3 Å². The van der Waals surface area contributed by atoms with Crippen molar-refractivity contribution in [2.45, 2.75) is 69.7 Å². The van der Waals surface area contributed by atoms with Gasteiger partial charge in [0.1, 0.15) is 10.7 Å². The number of aromatic nitrogens is 5. The molecule has 1 atom stereocenters. The number of aromatic amines is 1. The first-order valence-electron chi connectivity index (χ1n) is 9.38. The van der Waals surface area contributed by atoms with Crippen LogP contribution in [-0.2, 0) is 16.6 Å². The van der Waals surface area contributed by atoms with Crippen molar-refractivity contribution in [1.29, 1.82) is 0 Å². The number of hydrogen-bond acceptors (Lipinski definition) is 5. The molecule has 2 aromatic heterocycles. The number of aryl methyl sites for hydroxylation is 2. The fourth-order valence-corrected chi connectivity index (χ4v) is 5.77. The van der Waals surface area contributed by atoms with Gasteiger partial charge in [0.05, 0.1) is 11.4 Å². The molecule has 0 bridgehead atoms. The fraction of sp³-hybridized carbons (Fsp3) is 0.706. The molecule has 1 aliphatic heterocycles. The maximum atomic E-state index is 13.3. The van der Waals surface area contributed by atoms with Gasteiger partial charge in [-0.2, -0.15) is 14.5 Å². The van der Waals surface area contributed by atoms with Crippen LogP contribution in [0.1, 0.15) is 67.5 Å². The van der Waals surface area contributed by atoms with E-state index >= 15 is 0 Å². The second-order valence-corrected chi connectivity index (χ2v) is 9.25. The average molecular weight is 379 g/mol. The maximum absolute atomic E-state index is 13.3. The van der Waals surface area contributed by atoms with Gasteiger partial charge < -0.3 is 0 Å². The number of piperidine rings is 1. The third-order valence-electron chi connectivity index (χ3n) is 5.45. The zero-order valence-electron chi connectivity index (χ0n) is 15.6. The molecule has 1 saturated carbocycles. The van der Waals surface area contributed by atoms with E-state index in [1.54, 1.807) is 15.9 Å². The molecule has 1 saturated heterocycles. The lowest BCUT2D eigenvalue weighted by Crippen LogP contribution is -2.39. The van der Waals surface area contributed by atoms with Crippen LogP contribution >= 0.6 is 0 Å². The lowest BCUT2D eigenvalue weighted by atomic mass is 9.99. The Bertz CT molecular complexity index is 912. The number of sulfonamides is 1. The molecule has 2 aliphatic rings. The smallest absolute Gasteiger partial charge is 0.246 e. The van der Waals surface area contributed by atoms with Crippen molar-refractivity contribution in [3.63, 3.8) is 0 Å². The Morgan fingerprint density at radius 1 is 1.19 bits per heavy atom. The van der Waals surface area contributed by atoms with E-state index in [1.165, 1.54) is 12.8 Å². The Morgan fingerprint density at radius 3 is 2.62 bits per heavy atom. The van der Waals surface area contributed by atoms with E-state index in [2.05, 4.69) is 20.3 Å². The number of rotatable bonds is 5. The van der Waals surface area contributed by atoms with Crippen molar-refractivity contribution >= 4 is 10.0 Å².